The van der Waals surface area contributed by atoms with E-state index in [2.05, 4.69) is 15.9 Å². The molecule has 0 saturated heterocycles. The molecule has 1 rings (SSSR count). The molecular formula is C9H8BrClO2. The Morgan fingerprint density at radius 1 is 1.54 bits per heavy atom. The summed E-state index contributed by atoms with van der Waals surface area (Å²) in [6, 6.07) is 5.39. The Kier molecular flexibility index (Phi) is 3.75. The molecule has 0 bridgehead atoms. The summed E-state index contributed by atoms with van der Waals surface area (Å²) in [6.07, 6.45) is 0.0428. The lowest BCUT2D eigenvalue weighted by molar-refractivity contribution is -0.136. The van der Waals surface area contributed by atoms with Crippen molar-refractivity contribution in [2.24, 2.45) is 0 Å². The van der Waals surface area contributed by atoms with E-state index in [1.54, 1.807) is 12.1 Å². The minimum Gasteiger partial charge on any atom is -0.481 e. The van der Waals surface area contributed by atoms with E-state index in [4.69, 9.17) is 16.7 Å². The summed E-state index contributed by atoms with van der Waals surface area (Å²) in [5.41, 5.74) is 1.74. The van der Waals surface area contributed by atoms with Crippen LogP contribution in [0.2, 0.25) is 0 Å². The zero-order valence-electron chi connectivity index (χ0n) is 6.76. The van der Waals surface area contributed by atoms with Gasteiger partial charge in [-0.05, 0) is 17.2 Å². The second kappa shape index (κ2) is 4.63. The highest BCUT2D eigenvalue weighted by Gasteiger charge is 2.03. The van der Waals surface area contributed by atoms with Gasteiger partial charge in [-0.3, -0.25) is 4.79 Å². The van der Waals surface area contributed by atoms with Gasteiger partial charge in [-0.1, -0.05) is 28.1 Å². The maximum atomic E-state index is 10.4. The SMILES string of the molecule is O=C(O)Cc1ccc(CCl)c(Br)c1. The van der Waals surface area contributed by atoms with Crippen LogP contribution in [0.5, 0.6) is 0 Å². The maximum absolute atomic E-state index is 10.4. The molecule has 1 aromatic rings. The van der Waals surface area contributed by atoms with Gasteiger partial charge in [-0.15, -0.1) is 11.6 Å². The van der Waals surface area contributed by atoms with Crippen LogP contribution in [-0.4, -0.2) is 11.1 Å². The smallest absolute Gasteiger partial charge is 0.307 e. The molecule has 0 atom stereocenters. The molecule has 1 N–H and O–H groups in total. The minimum atomic E-state index is -0.828. The van der Waals surface area contributed by atoms with E-state index >= 15 is 0 Å². The summed E-state index contributed by atoms with van der Waals surface area (Å²) >= 11 is 8.96. The Morgan fingerprint density at radius 3 is 2.69 bits per heavy atom. The first-order valence-corrected chi connectivity index (χ1v) is 5.01. The minimum absolute atomic E-state index is 0.0428. The van der Waals surface area contributed by atoms with Crippen LogP contribution >= 0.6 is 27.5 Å². The van der Waals surface area contributed by atoms with Gasteiger partial charge < -0.3 is 5.11 Å². The van der Waals surface area contributed by atoms with Gasteiger partial charge in [0.15, 0.2) is 0 Å². The van der Waals surface area contributed by atoms with Gasteiger partial charge in [-0.2, -0.15) is 0 Å². The molecule has 0 aliphatic rings. The molecule has 0 aliphatic carbocycles. The van der Waals surface area contributed by atoms with Gasteiger partial charge in [0, 0.05) is 10.4 Å². The summed E-state index contributed by atoms with van der Waals surface area (Å²) in [7, 11) is 0. The van der Waals surface area contributed by atoms with Gasteiger partial charge in [-0.25, -0.2) is 0 Å². The van der Waals surface area contributed by atoms with E-state index in [0.717, 1.165) is 15.6 Å². The zero-order valence-corrected chi connectivity index (χ0v) is 9.10. The second-order valence-electron chi connectivity index (χ2n) is 2.63. The van der Waals surface area contributed by atoms with E-state index in [0.29, 0.717) is 5.88 Å². The first-order chi connectivity index (χ1) is 6.13. The van der Waals surface area contributed by atoms with Crippen LogP contribution in [0, 0.1) is 0 Å². The molecule has 0 unspecified atom stereocenters. The van der Waals surface area contributed by atoms with Crippen LogP contribution in [0.4, 0.5) is 0 Å². The molecule has 0 radical (unpaired) electrons. The van der Waals surface area contributed by atoms with Gasteiger partial charge >= 0.3 is 5.97 Å². The Morgan fingerprint density at radius 2 is 2.23 bits per heavy atom. The van der Waals surface area contributed by atoms with Crippen molar-refractivity contribution in [2.45, 2.75) is 12.3 Å². The van der Waals surface area contributed by atoms with Gasteiger partial charge in [0.2, 0.25) is 0 Å². The van der Waals surface area contributed by atoms with Crippen LogP contribution in [0.3, 0.4) is 0 Å². The number of carbonyl (C=O) groups is 1. The summed E-state index contributed by atoms with van der Waals surface area (Å²) in [5.74, 6) is -0.404. The number of aliphatic carboxylic acids is 1. The number of alkyl halides is 1. The molecule has 0 fully saturated rings. The first-order valence-electron chi connectivity index (χ1n) is 3.68. The average molecular weight is 264 g/mol. The van der Waals surface area contributed by atoms with Crippen molar-refractivity contribution in [1.82, 2.24) is 0 Å². The summed E-state index contributed by atoms with van der Waals surface area (Å²) in [4.78, 5) is 10.4. The number of benzene rings is 1. The largest absolute Gasteiger partial charge is 0.481 e. The number of carboxylic acids is 1. The third-order valence-electron chi connectivity index (χ3n) is 1.62. The standard InChI is InChI=1S/C9H8BrClO2/c10-8-3-6(4-9(12)13)1-2-7(8)5-11/h1-3H,4-5H2,(H,12,13). The number of carboxylic acid groups (broad SMARTS) is 1. The molecule has 1 aromatic carbocycles. The van der Waals surface area contributed by atoms with Crippen LogP contribution in [0.25, 0.3) is 0 Å². The molecule has 0 saturated carbocycles. The number of hydrogen-bond acceptors (Lipinski definition) is 1. The fourth-order valence-corrected chi connectivity index (χ4v) is 1.94. The van der Waals surface area contributed by atoms with Crippen molar-refractivity contribution in [2.75, 3.05) is 0 Å². The molecule has 0 amide bonds. The molecule has 2 nitrogen and oxygen atoms in total. The summed E-state index contributed by atoms with van der Waals surface area (Å²) in [5, 5.41) is 8.54. The number of halogens is 2. The fourth-order valence-electron chi connectivity index (χ4n) is 0.984. The molecular weight excluding hydrogens is 255 g/mol. The van der Waals surface area contributed by atoms with E-state index in [1.807, 2.05) is 6.07 Å². The quantitative estimate of drug-likeness (QED) is 0.852. The summed E-state index contributed by atoms with van der Waals surface area (Å²) < 4.78 is 0.862. The van der Waals surface area contributed by atoms with Crippen molar-refractivity contribution < 1.29 is 9.90 Å². The lowest BCUT2D eigenvalue weighted by Crippen LogP contribution is -2.00. The summed E-state index contributed by atoms with van der Waals surface area (Å²) in [6.45, 7) is 0. The molecule has 0 spiro atoms. The van der Waals surface area contributed by atoms with Crippen LogP contribution in [-0.2, 0) is 17.1 Å². The third-order valence-corrected chi connectivity index (χ3v) is 2.64. The van der Waals surface area contributed by atoms with Gasteiger partial charge in [0.25, 0.3) is 0 Å². The zero-order chi connectivity index (χ0) is 9.84. The predicted molar refractivity (Wildman–Crippen MR) is 55.0 cm³/mol. The number of rotatable bonds is 3. The van der Waals surface area contributed by atoms with Crippen molar-refractivity contribution in [1.29, 1.82) is 0 Å². The van der Waals surface area contributed by atoms with E-state index in [9.17, 15) is 4.79 Å². The first kappa shape index (κ1) is 10.5. The molecule has 70 valence electrons. The second-order valence-corrected chi connectivity index (χ2v) is 3.75. The van der Waals surface area contributed by atoms with E-state index in [1.165, 1.54) is 0 Å². The van der Waals surface area contributed by atoms with E-state index < -0.39 is 5.97 Å². The van der Waals surface area contributed by atoms with Crippen LogP contribution < -0.4 is 0 Å². The van der Waals surface area contributed by atoms with Gasteiger partial charge in [0.05, 0.1) is 6.42 Å². The molecule has 0 heterocycles. The van der Waals surface area contributed by atoms with Crippen molar-refractivity contribution in [3.8, 4) is 0 Å². The highest BCUT2D eigenvalue weighted by atomic mass is 79.9. The number of hydrogen-bond donors (Lipinski definition) is 1. The predicted octanol–water partition coefficient (Wildman–Crippen LogP) is 2.82. The maximum Gasteiger partial charge on any atom is 0.307 e. The van der Waals surface area contributed by atoms with Crippen molar-refractivity contribution in [3.63, 3.8) is 0 Å². The highest BCUT2D eigenvalue weighted by molar-refractivity contribution is 9.10. The van der Waals surface area contributed by atoms with Gasteiger partial charge in [0.1, 0.15) is 0 Å². The Balaban J connectivity index is 2.89. The third kappa shape index (κ3) is 3.01. The topological polar surface area (TPSA) is 37.3 Å². The van der Waals surface area contributed by atoms with Crippen molar-refractivity contribution >= 4 is 33.5 Å². The lowest BCUT2D eigenvalue weighted by atomic mass is 10.1. The van der Waals surface area contributed by atoms with Crippen molar-refractivity contribution in [3.05, 3.63) is 33.8 Å². The Labute approximate surface area is 89.7 Å². The van der Waals surface area contributed by atoms with Crippen LogP contribution in [0.15, 0.2) is 22.7 Å². The monoisotopic (exact) mass is 262 g/mol. The normalized spacial score (nSPS) is 10.0. The average Bonchev–Trinajstić information content (AvgIpc) is 2.03. The Hall–Kier alpha value is -0.540. The molecule has 0 aliphatic heterocycles. The molecule has 0 aromatic heterocycles. The Bertz CT molecular complexity index is 325. The molecule has 13 heavy (non-hydrogen) atoms. The molecule has 4 heteroatoms. The highest BCUT2D eigenvalue weighted by Crippen LogP contribution is 2.20. The fraction of sp³-hybridized carbons (Fsp3) is 0.222. The lowest BCUT2D eigenvalue weighted by Gasteiger charge is -2.02. The van der Waals surface area contributed by atoms with Crippen LogP contribution in [0.1, 0.15) is 11.1 Å². The van der Waals surface area contributed by atoms with E-state index in [-0.39, 0.29) is 6.42 Å².